The number of hydrogen-bond acceptors (Lipinski definition) is 4. The summed E-state index contributed by atoms with van der Waals surface area (Å²) in [6.07, 6.45) is 3.25. The molecule has 0 radical (unpaired) electrons. The molecule has 0 saturated heterocycles. The first kappa shape index (κ1) is 15.1. The van der Waals surface area contributed by atoms with Gasteiger partial charge in [-0.05, 0) is 37.1 Å². The van der Waals surface area contributed by atoms with Gasteiger partial charge in [0.25, 0.3) is 5.88 Å². The molecule has 0 aliphatic carbocycles. The molecule has 112 valence electrons. The molecule has 0 aliphatic heterocycles. The van der Waals surface area contributed by atoms with Crippen molar-refractivity contribution in [1.29, 1.82) is 0 Å². The van der Waals surface area contributed by atoms with E-state index in [1.807, 2.05) is 6.92 Å². The lowest BCUT2D eigenvalue weighted by Gasteiger charge is -2.10. The highest BCUT2D eigenvalue weighted by Gasteiger charge is 2.08. The van der Waals surface area contributed by atoms with Gasteiger partial charge in [0.15, 0.2) is 0 Å². The molecule has 0 amide bonds. The summed E-state index contributed by atoms with van der Waals surface area (Å²) >= 11 is 0. The number of rotatable bonds is 6. The van der Waals surface area contributed by atoms with Crippen LogP contribution in [0.5, 0.6) is 17.4 Å². The summed E-state index contributed by atoms with van der Waals surface area (Å²) in [5.74, 6) is 1.79. The van der Waals surface area contributed by atoms with Gasteiger partial charge >= 0.3 is 5.56 Å². The summed E-state index contributed by atoms with van der Waals surface area (Å²) in [6, 6.07) is 7.11. The minimum absolute atomic E-state index is 0.0855. The first-order valence-corrected chi connectivity index (χ1v) is 7.06. The molecule has 0 atom stereocenters. The van der Waals surface area contributed by atoms with E-state index in [0.29, 0.717) is 24.8 Å². The van der Waals surface area contributed by atoms with Crippen LogP contribution >= 0.6 is 0 Å². The lowest BCUT2D eigenvalue weighted by atomic mass is 10.2. The number of benzene rings is 1. The lowest BCUT2D eigenvalue weighted by Crippen LogP contribution is -2.23. The largest absolute Gasteiger partial charge is 0.494 e. The Bertz CT molecular complexity index is 633. The lowest BCUT2D eigenvalue weighted by molar-refractivity contribution is 0.339. The van der Waals surface area contributed by atoms with Crippen LogP contribution in [-0.2, 0) is 6.54 Å². The van der Waals surface area contributed by atoms with Crippen molar-refractivity contribution in [3.8, 4) is 17.4 Å². The Hall–Kier alpha value is -2.30. The number of hydrogen-bond donors (Lipinski definition) is 0. The Balaban J connectivity index is 2.17. The Kier molecular flexibility index (Phi) is 4.98. The van der Waals surface area contributed by atoms with Crippen molar-refractivity contribution >= 4 is 0 Å². The smallest absolute Gasteiger partial charge is 0.313 e. The van der Waals surface area contributed by atoms with Crippen molar-refractivity contribution in [3.63, 3.8) is 0 Å². The molecule has 1 aromatic heterocycles. The van der Waals surface area contributed by atoms with Crippen molar-refractivity contribution in [2.75, 3.05) is 6.61 Å². The van der Waals surface area contributed by atoms with Crippen LogP contribution in [0.3, 0.4) is 0 Å². The minimum Gasteiger partial charge on any atom is -0.494 e. The molecule has 2 aromatic rings. The van der Waals surface area contributed by atoms with Gasteiger partial charge in [-0.3, -0.25) is 4.79 Å². The summed E-state index contributed by atoms with van der Waals surface area (Å²) in [6.45, 7) is 7.29. The normalized spacial score (nSPS) is 10.7. The zero-order chi connectivity index (χ0) is 15.2. The van der Waals surface area contributed by atoms with Gasteiger partial charge in [0.05, 0.1) is 6.61 Å². The maximum atomic E-state index is 12.2. The Morgan fingerprint density at radius 1 is 1.19 bits per heavy atom. The molecule has 1 heterocycles. The first-order valence-electron chi connectivity index (χ1n) is 7.06. The van der Waals surface area contributed by atoms with Crippen molar-refractivity contribution in [3.05, 3.63) is 47.0 Å². The van der Waals surface area contributed by atoms with Crippen LogP contribution in [0.4, 0.5) is 0 Å². The van der Waals surface area contributed by atoms with Crippen LogP contribution in [0.15, 0.2) is 41.5 Å². The fourth-order valence-electron chi connectivity index (χ4n) is 1.92. The number of aromatic nitrogens is 2. The van der Waals surface area contributed by atoms with E-state index >= 15 is 0 Å². The molecule has 0 saturated carbocycles. The minimum atomic E-state index is -0.222. The Morgan fingerprint density at radius 3 is 2.48 bits per heavy atom. The molecule has 0 aliphatic rings. The van der Waals surface area contributed by atoms with Gasteiger partial charge in [0, 0.05) is 18.9 Å². The van der Waals surface area contributed by atoms with Gasteiger partial charge in [-0.15, -0.1) is 0 Å². The van der Waals surface area contributed by atoms with Crippen molar-refractivity contribution in [2.45, 2.75) is 27.3 Å². The average Bonchev–Trinajstić information content (AvgIpc) is 2.45. The van der Waals surface area contributed by atoms with Gasteiger partial charge < -0.3 is 14.0 Å². The molecule has 5 nitrogen and oxygen atoms in total. The van der Waals surface area contributed by atoms with Crippen molar-refractivity contribution < 1.29 is 9.47 Å². The SMILES string of the molecule is CCOc1ccc(Oc2nccn(CC(C)C)c2=O)cc1. The monoisotopic (exact) mass is 288 g/mol. The third-order valence-electron chi connectivity index (χ3n) is 2.79. The fourth-order valence-corrected chi connectivity index (χ4v) is 1.92. The second-order valence-electron chi connectivity index (χ2n) is 5.09. The molecule has 0 bridgehead atoms. The third-order valence-corrected chi connectivity index (χ3v) is 2.79. The molecule has 5 heteroatoms. The molecular weight excluding hydrogens is 268 g/mol. The van der Waals surface area contributed by atoms with Crippen LogP contribution in [-0.4, -0.2) is 16.2 Å². The Morgan fingerprint density at radius 2 is 1.86 bits per heavy atom. The molecule has 0 unspecified atom stereocenters. The summed E-state index contributed by atoms with van der Waals surface area (Å²) in [5.41, 5.74) is -0.222. The number of nitrogens with zero attached hydrogens (tertiary/aromatic N) is 2. The van der Waals surface area contributed by atoms with Crippen LogP contribution in [0, 0.1) is 5.92 Å². The molecule has 0 spiro atoms. The zero-order valence-electron chi connectivity index (χ0n) is 12.6. The first-order chi connectivity index (χ1) is 10.1. The summed E-state index contributed by atoms with van der Waals surface area (Å²) in [7, 11) is 0. The molecular formula is C16H20N2O3. The van der Waals surface area contributed by atoms with Gasteiger partial charge in [0.2, 0.25) is 0 Å². The second-order valence-corrected chi connectivity index (χ2v) is 5.09. The van der Waals surface area contributed by atoms with E-state index in [2.05, 4.69) is 18.8 Å². The molecule has 1 aromatic carbocycles. The molecule has 2 rings (SSSR count). The highest BCUT2D eigenvalue weighted by atomic mass is 16.5. The zero-order valence-corrected chi connectivity index (χ0v) is 12.6. The van der Waals surface area contributed by atoms with Gasteiger partial charge in [-0.1, -0.05) is 13.8 Å². The van der Waals surface area contributed by atoms with Crippen LogP contribution in [0.2, 0.25) is 0 Å². The van der Waals surface area contributed by atoms with Crippen molar-refractivity contribution in [1.82, 2.24) is 9.55 Å². The van der Waals surface area contributed by atoms with E-state index < -0.39 is 0 Å². The topological polar surface area (TPSA) is 53.4 Å². The van der Waals surface area contributed by atoms with E-state index in [9.17, 15) is 4.79 Å². The van der Waals surface area contributed by atoms with Crippen LogP contribution in [0.25, 0.3) is 0 Å². The third kappa shape index (κ3) is 4.08. The van der Waals surface area contributed by atoms with Gasteiger partial charge in [-0.2, -0.15) is 0 Å². The molecule has 0 fully saturated rings. The van der Waals surface area contributed by atoms with E-state index in [-0.39, 0.29) is 11.4 Å². The predicted octanol–water partition coefficient (Wildman–Crippen LogP) is 3.09. The maximum absolute atomic E-state index is 12.2. The van der Waals surface area contributed by atoms with Gasteiger partial charge in [-0.25, -0.2) is 4.98 Å². The van der Waals surface area contributed by atoms with Crippen LogP contribution in [0.1, 0.15) is 20.8 Å². The summed E-state index contributed by atoms with van der Waals surface area (Å²) in [4.78, 5) is 16.2. The highest BCUT2D eigenvalue weighted by Crippen LogP contribution is 2.20. The predicted molar refractivity (Wildman–Crippen MR) is 81.0 cm³/mol. The highest BCUT2D eigenvalue weighted by molar-refractivity contribution is 5.33. The molecule has 0 N–H and O–H groups in total. The van der Waals surface area contributed by atoms with E-state index in [1.165, 1.54) is 0 Å². The van der Waals surface area contributed by atoms with Crippen LogP contribution < -0.4 is 15.0 Å². The van der Waals surface area contributed by atoms with E-state index in [4.69, 9.17) is 9.47 Å². The standard InChI is InChI=1S/C16H20N2O3/c1-4-20-13-5-7-14(8-6-13)21-15-16(19)18(10-9-17-15)11-12(2)3/h5-10,12H,4,11H2,1-3H3. The second kappa shape index (κ2) is 6.92. The molecule has 21 heavy (non-hydrogen) atoms. The van der Waals surface area contributed by atoms with Gasteiger partial charge in [0.1, 0.15) is 11.5 Å². The Labute approximate surface area is 124 Å². The fraction of sp³-hybridized carbons (Fsp3) is 0.375. The summed E-state index contributed by atoms with van der Waals surface area (Å²) < 4.78 is 12.5. The summed E-state index contributed by atoms with van der Waals surface area (Å²) in [5, 5.41) is 0. The number of ether oxygens (including phenoxy) is 2. The maximum Gasteiger partial charge on any atom is 0.313 e. The van der Waals surface area contributed by atoms with E-state index in [0.717, 1.165) is 5.75 Å². The quantitative estimate of drug-likeness (QED) is 0.819. The van der Waals surface area contributed by atoms with E-state index in [1.54, 1.807) is 41.2 Å². The van der Waals surface area contributed by atoms with Crippen molar-refractivity contribution in [2.24, 2.45) is 5.92 Å². The average molecular weight is 288 g/mol.